The molecule has 5 nitrogen and oxygen atoms in total. The van der Waals surface area contributed by atoms with Crippen LogP contribution in [0.1, 0.15) is 33.6 Å². The predicted octanol–water partition coefficient (Wildman–Crippen LogP) is 1.64. The molecule has 0 aromatic heterocycles. The van der Waals surface area contributed by atoms with Crippen molar-refractivity contribution >= 4 is 11.9 Å². The molecule has 0 bridgehead atoms. The molecule has 1 aromatic rings. The van der Waals surface area contributed by atoms with Crippen LogP contribution >= 0.6 is 0 Å². The van der Waals surface area contributed by atoms with E-state index in [4.69, 9.17) is 9.84 Å². The fourth-order valence-corrected chi connectivity index (χ4v) is 3.05. The van der Waals surface area contributed by atoms with Crippen molar-refractivity contribution in [1.82, 2.24) is 4.90 Å². The maximum absolute atomic E-state index is 12.5. The molecule has 0 aliphatic carbocycles. The monoisotopic (exact) mass is 275 g/mol. The SMILES string of the molecule is O=C(O)c1cccc(C(=O)N2CCC3(CCOC3)C2)c1. The minimum atomic E-state index is -1.01. The maximum Gasteiger partial charge on any atom is 0.335 e. The average Bonchev–Trinajstić information content (AvgIpc) is 3.09. The van der Waals surface area contributed by atoms with Crippen molar-refractivity contribution < 1.29 is 19.4 Å². The second kappa shape index (κ2) is 4.90. The number of benzene rings is 1. The van der Waals surface area contributed by atoms with Gasteiger partial charge in [-0.2, -0.15) is 0 Å². The van der Waals surface area contributed by atoms with Gasteiger partial charge in [0.25, 0.3) is 5.91 Å². The van der Waals surface area contributed by atoms with Gasteiger partial charge in [-0.15, -0.1) is 0 Å². The smallest absolute Gasteiger partial charge is 0.335 e. The summed E-state index contributed by atoms with van der Waals surface area (Å²) in [4.78, 5) is 25.2. The van der Waals surface area contributed by atoms with Crippen LogP contribution in [-0.4, -0.2) is 48.2 Å². The molecule has 20 heavy (non-hydrogen) atoms. The number of carboxylic acids is 1. The van der Waals surface area contributed by atoms with E-state index in [1.54, 1.807) is 12.1 Å². The minimum absolute atomic E-state index is 0.0862. The molecule has 106 valence electrons. The molecule has 1 N–H and O–H groups in total. The van der Waals surface area contributed by atoms with E-state index < -0.39 is 5.97 Å². The van der Waals surface area contributed by atoms with Crippen molar-refractivity contribution in [2.45, 2.75) is 12.8 Å². The van der Waals surface area contributed by atoms with Gasteiger partial charge in [0.15, 0.2) is 0 Å². The topological polar surface area (TPSA) is 66.8 Å². The van der Waals surface area contributed by atoms with Crippen LogP contribution in [0, 0.1) is 5.41 Å². The number of hydrogen-bond acceptors (Lipinski definition) is 3. The third-order valence-corrected chi connectivity index (χ3v) is 4.27. The molecule has 1 aromatic carbocycles. The summed E-state index contributed by atoms with van der Waals surface area (Å²) in [6, 6.07) is 6.22. The number of nitrogens with zero attached hydrogens (tertiary/aromatic N) is 1. The first kappa shape index (κ1) is 13.1. The molecule has 2 saturated heterocycles. The predicted molar refractivity (Wildman–Crippen MR) is 71.8 cm³/mol. The Kier molecular flexibility index (Phi) is 3.22. The molecular formula is C15H17NO4. The van der Waals surface area contributed by atoms with E-state index in [1.165, 1.54) is 12.1 Å². The van der Waals surface area contributed by atoms with Crippen LogP contribution in [0.2, 0.25) is 0 Å². The van der Waals surface area contributed by atoms with Crippen LogP contribution < -0.4 is 0 Å². The summed E-state index contributed by atoms with van der Waals surface area (Å²) in [5, 5.41) is 8.98. The van der Waals surface area contributed by atoms with Crippen LogP contribution in [0.5, 0.6) is 0 Å². The molecule has 1 amide bonds. The van der Waals surface area contributed by atoms with Crippen LogP contribution in [-0.2, 0) is 4.74 Å². The third kappa shape index (κ3) is 2.29. The summed E-state index contributed by atoms with van der Waals surface area (Å²) in [5.74, 6) is -1.10. The quantitative estimate of drug-likeness (QED) is 0.891. The summed E-state index contributed by atoms with van der Waals surface area (Å²) < 4.78 is 5.45. The second-order valence-corrected chi connectivity index (χ2v) is 5.67. The molecule has 0 saturated carbocycles. The fourth-order valence-electron chi connectivity index (χ4n) is 3.05. The van der Waals surface area contributed by atoms with Gasteiger partial charge in [0.05, 0.1) is 12.2 Å². The van der Waals surface area contributed by atoms with E-state index in [2.05, 4.69) is 0 Å². The van der Waals surface area contributed by atoms with Gasteiger partial charge in [-0.1, -0.05) is 6.07 Å². The third-order valence-electron chi connectivity index (χ3n) is 4.27. The minimum Gasteiger partial charge on any atom is -0.478 e. The number of aromatic carboxylic acids is 1. The van der Waals surface area contributed by atoms with Crippen molar-refractivity contribution in [1.29, 1.82) is 0 Å². The van der Waals surface area contributed by atoms with Gasteiger partial charge < -0.3 is 14.7 Å². The lowest BCUT2D eigenvalue weighted by Gasteiger charge is -2.22. The van der Waals surface area contributed by atoms with Gasteiger partial charge >= 0.3 is 5.97 Å². The lowest BCUT2D eigenvalue weighted by Crippen LogP contribution is -2.32. The van der Waals surface area contributed by atoms with E-state index in [1.807, 2.05) is 4.90 Å². The Morgan fingerprint density at radius 2 is 2.05 bits per heavy atom. The zero-order chi connectivity index (χ0) is 14.2. The van der Waals surface area contributed by atoms with Crippen molar-refractivity contribution in [3.8, 4) is 0 Å². The fraction of sp³-hybridized carbons (Fsp3) is 0.467. The standard InChI is InChI=1S/C15H17NO4/c17-13(11-2-1-3-12(8-11)14(18)19)16-6-4-15(9-16)5-7-20-10-15/h1-3,8H,4-7,9-10H2,(H,18,19). The first-order valence-electron chi connectivity index (χ1n) is 6.80. The molecule has 5 heteroatoms. The second-order valence-electron chi connectivity index (χ2n) is 5.67. The highest BCUT2D eigenvalue weighted by molar-refractivity contribution is 5.97. The highest BCUT2D eigenvalue weighted by Crippen LogP contribution is 2.38. The molecule has 2 aliphatic rings. The summed E-state index contributed by atoms with van der Waals surface area (Å²) in [6.45, 7) is 2.94. The van der Waals surface area contributed by atoms with Crippen LogP contribution in [0.4, 0.5) is 0 Å². The maximum atomic E-state index is 12.5. The summed E-state index contributed by atoms with van der Waals surface area (Å²) in [6.07, 6.45) is 1.98. The van der Waals surface area contributed by atoms with Crippen molar-refractivity contribution in [2.24, 2.45) is 5.41 Å². The van der Waals surface area contributed by atoms with Gasteiger partial charge in [-0.05, 0) is 31.0 Å². The van der Waals surface area contributed by atoms with E-state index in [0.717, 1.165) is 32.6 Å². The number of carbonyl (C=O) groups is 2. The first-order chi connectivity index (χ1) is 9.60. The molecule has 2 heterocycles. The molecule has 2 fully saturated rings. The van der Waals surface area contributed by atoms with Crippen LogP contribution in [0.25, 0.3) is 0 Å². The van der Waals surface area contributed by atoms with Gasteiger partial charge in [0, 0.05) is 30.7 Å². The summed E-state index contributed by atoms with van der Waals surface area (Å²) in [5.41, 5.74) is 0.717. The number of rotatable bonds is 2. The van der Waals surface area contributed by atoms with Gasteiger partial charge in [-0.3, -0.25) is 4.79 Å². The Hall–Kier alpha value is -1.88. The highest BCUT2D eigenvalue weighted by atomic mass is 16.5. The highest BCUT2D eigenvalue weighted by Gasteiger charge is 2.42. The van der Waals surface area contributed by atoms with Crippen molar-refractivity contribution in [3.63, 3.8) is 0 Å². The largest absolute Gasteiger partial charge is 0.478 e. The molecular weight excluding hydrogens is 258 g/mol. The van der Waals surface area contributed by atoms with E-state index in [9.17, 15) is 9.59 Å². The first-order valence-corrected chi connectivity index (χ1v) is 6.80. The van der Waals surface area contributed by atoms with Crippen molar-refractivity contribution in [3.05, 3.63) is 35.4 Å². The summed E-state index contributed by atoms with van der Waals surface area (Å²) in [7, 11) is 0. The normalized spacial score (nSPS) is 25.3. The molecule has 0 radical (unpaired) electrons. The molecule has 2 aliphatic heterocycles. The Labute approximate surface area is 117 Å². The van der Waals surface area contributed by atoms with E-state index in [0.29, 0.717) is 12.1 Å². The Balaban J connectivity index is 1.76. The number of carboxylic acid groups (broad SMARTS) is 1. The number of ether oxygens (including phenoxy) is 1. The van der Waals surface area contributed by atoms with E-state index >= 15 is 0 Å². The molecule has 3 rings (SSSR count). The number of amides is 1. The number of likely N-dealkylation sites (tertiary alicyclic amines) is 1. The zero-order valence-corrected chi connectivity index (χ0v) is 11.2. The average molecular weight is 275 g/mol. The van der Waals surface area contributed by atoms with Gasteiger partial charge in [-0.25, -0.2) is 4.79 Å². The Bertz CT molecular complexity index is 549. The van der Waals surface area contributed by atoms with Gasteiger partial charge in [0.1, 0.15) is 0 Å². The Morgan fingerprint density at radius 3 is 2.75 bits per heavy atom. The lowest BCUT2D eigenvalue weighted by atomic mass is 9.87. The molecule has 1 spiro atoms. The van der Waals surface area contributed by atoms with Crippen LogP contribution in [0.3, 0.4) is 0 Å². The lowest BCUT2D eigenvalue weighted by molar-refractivity contribution is 0.0697. The molecule has 1 unspecified atom stereocenters. The summed E-state index contributed by atoms with van der Waals surface area (Å²) >= 11 is 0. The molecule has 1 atom stereocenters. The zero-order valence-electron chi connectivity index (χ0n) is 11.2. The van der Waals surface area contributed by atoms with Crippen molar-refractivity contribution in [2.75, 3.05) is 26.3 Å². The Morgan fingerprint density at radius 1 is 1.25 bits per heavy atom. The van der Waals surface area contributed by atoms with E-state index in [-0.39, 0.29) is 16.9 Å². The van der Waals surface area contributed by atoms with Gasteiger partial charge in [0.2, 0.25) is 0 Å². The number of hydrogen-bond donors (Lipinski definition) is 1. The van der Waals surface area contributed by atoms with Crippen LogP contribution in [0.15, 0.2) is 24.3 Å². The number of carbonyl (C=O) groups excluding carboxylic acids is 1.